The van der Waals surface area contributed by atoms with Gasteiger partial charge >= 0.3 is 0 Å². The molecule has 0 rings (SSSR count). The lowest BCUT2D eigenvalue weighted by Crippen LogP contribution is -2.42. The van der Waals surface area contributed by atoms with Crippen LogP contribution in [0, 0.1) is 5.92 Å². The highest BCUT2D eigenvalue weighted by Crippen LogP contribution is 2.11. The van der Waals surface area contributed by atoms with Gasteiger partial charge in [-0.3, -0.25) is 4.90 Å². The second kappa shape index (κ2) is 9.00. The zero-order chi connectivity index (χ0) is 12.6. The molecule has 98 valence electrons. The van der Waals surface area contributed by atoms with Gasteiger partial charge in [0.05, 0.1) is 0 Å². The summed E-state index contributed by atoms with van der Waals surface area (Å²) in [6.07, 6.45) is 2.49. The van der Waals surface area contributed by atoms with Crippen LogP contribution in [-0.4, -0.2) is 36.6 Å². The molecular formula is C14H32N2. The van der Waals surface area contributed by atoms with Crippen LogP contribution in [0.3, 0.4) is 0 Å². The number of nitrogens with zero attached hydrogens (tertiary/aromatic N) is 1. The van der Waals surface area contributed by atoms with Gasteiger partial charge in [0.2, 0.25) is 0 Å². The maximum absolute atomic E-state index is 3.49. The fraction of sp³-hybridized carbons (Fsp3) is 1.00. The number of hydrogen-bond donors (Lipinski definition) is 1. The van der Waals surface area contributed by atoms with Gasteiger partial charge in [-0.25, -0.2) is 0 Å². The molecule has 0 bridgehead atoms. The van der Waals surface area contributed by atoms with Crippen LogP contribution in [0.4, 0.5) is 0 Å². The van der Waals surface area contributed by atoms with Gasteiger partial charge in [0, 0.05) is 18.6 Å². The number of rotatable bonds is 9. The first-order valence-corrected chi connectivity index (χ1v) is 6.95. The first-order valence-electron chi connectivity index (χ1n) is 6.95. The first kappa shape index (κ1) is 15.9. The van der Waals surface area contributed by atoms with Crippen molar-refractivity contribution in [2.24, 2.45) is 5.92 Å². The summed E-state index contributed by atoms with van der Waals surface area (Å²) < 4.78 is 0. The molecule has 0 spiro atoms. The molecule has 0 radical (unpaired) electrons. The highest BCUT2D eigenvalue weighted by atomic mass is 15.2. The standard InChI is InChI=1S/C14H32N2/c1-7-9-15-10-8-14(6)16(13(4)5)11-12(2)3/h12-15H,7-11H2,1-6H3. The average molecular weight is 228 g/mol. The van der Waals surface area contributed by atoms with Crippen molar-refractivity contribution >= 4 is 0 Å². The topological polar surface area (TPSA) is 15.3 Å². The highest BCUT2D eigenvalue weighted by molar-refractivity contribution is 4.73. The molecule has 0 fully saturated rings. The predicted molar refractivity (Wildman–Crippen MR) is 73.9 cm³/mol. The Morgan fingerprint density at radius 3 is 2.06 bits per heavy atom. The van der Waals surface area contributed by atoms with E-state index in [-0.39, 0.29) is 0 Å². The summed E-state index contributed by atoms with van der Waals surface area (Å²) in [4.78, 5) is 2.62. The van der Waals surface area contributed by atoms with E-state index >= 15 is 0 Å². The summed E-state index contributed by atoms with van der Waals surface area (Å²) in [5, 5.41) is 3.49. The zero-order valence-corrected chi connectivity index (χ0v) is 12.2. The van der Waals surface area contributed by atoms with Crippen molar-refractivity contribution in [2.45, 2.75) is 66.5 Å². The molecule has 1 N–H and O–H groups in total. The molecule has 0 aromatic carbocycles. The summed E-state index contributed by atoms with van der Waals surface area (Å²) in [5.74, 6) is 0.758. The van der Waals surface area contributed by atoms with Crippen LogP contribution in [0.15, 0.2) is 0 Å². The Morgan fingerprint density at radius 1 is 1.00 bits per heavy atom. The molecule has 0 saturated heterocycles. The molecule has 0 aromatic rings. The van der Waals surface area contributed by atoms with Crippen molar-refractivity contribution in [3.63, 3.8) is 0 Å². The van der Waals surface area contributed by atoms with E-state index in [1.807, 2.05) is 0 Å². The van der Waals surface area contributed by atoms with Crippen molar-refractivity contribution in [1.29, 1.82) is 0 Å². The SMILES string of the molecule is CCCNCCC(C)N(CC(C)C)C(C)C. The molecule has 0 saturated carbocycles. The van der Waals surface area contributed by atoms with Crippen LogP contribution in [-0.2, 0) is 0 Å². The fourth-order valence-corrected chi connectivity index (χ4v) is 2.10. The summed E-state index contributed by atoms with van der Waals surface area (Å²) in [6, 6.07) is 1.34. The van der Waals surface area contributed by atoms with Crippen molar-refractivity contribution in [2.75, 3.05) is 19.6 Å². The molecule has 0 aliphatic rings. The lowest BCUT2D eigenvalue weighted by molar-refractivity contribution is 0.138. The Balaban J connectivity index is 3.92. The van der Waals surface area contributed by atoms with Gasteiger partial charge in [-0.05, 0) is 52.6 Å². The average Bonchev–Trinajstić information content (AvgIpc) is 2.20. The van der Waals surface area contributed by atoms with E-state index in [1.165, 1.54) is 19.4 Å². The number of nitrogens with one attached hydrogen (secondary N) is 1. The van der Waals surface area contributed by atoms with Crippen molar-refractivity contribution in [3.05, 3.63) is 0 Å². The number of hydrogen-bond acceptors (Lipinski definition) is 2. The van der Waals surface area contributed by atoms with E-state index < -0.39 is 0 Å². The van der Waals surface area contributed by atoms with Gasteiger partial charge < -0.3 is 5.32 Å². The lowest BCUT2D eigenvalue weighted by Gasteiger charge is -2.34. The van der Waals surface area contributed by atoms with Gasteiger partial charge in [0.1, 0.15) is 0 Å². The molecule has 0 heterocycles. The second-order valence-electron chi connectivity index (χ2n) is 5.57. The van der Waals surface area contributed by atoms with E-state index in [4.69, 9.17) is 0 Å². The molecule has 2 nitrogen and oxygen atoms in total. The Hall–Kier alpha value is -0.0800. The molecule has 1 unspecified atom stereocenters. The minimum Gasteiger partial charge on any atom is -0.317 e. The third-order valence-corrected chi connectivity index (χ3v) is 2.97. The van der Waals surface area contributed by atoms with Crippen molar-refractivity contribution in [3.8, 4) is 0 Å². The predicted octanol–water partition coefficient (Wildman–Crippen LogP) is 3.13. The van der Waals surface area contributed by atoms with Crippen LogP contribution < -0.4 is 5.32 Å². The quantitative estimate of drug-likeness (QED) is 0.610. The van der Waals surface area contributed by atoms with Crippen LogP contribution in [0.25, 0.3) is 0 Å². The summed E-state index contributed by atoms with van der Waals surface area (Å²) in [7, 11) is 0. The van der Waals surface area contributed by atoms with Gasteiger partial charge in [-0.2, -0.15) is 0 Å². The normalized spacial score (nSPS) is 14.1. The molecule has 2 heteroatoms. The first-order chi connectivity index (χ1) is 7.49. The summed E-state index contributed by atoms with van der Waals surface area (Å²) in [5.41, 5.74) is 0. The smallest absolute Gasteiger partial charge is 0.00818 e. The Bertz CT molecular complexity index is 155. The van der Waals surface area contributed by atoms with Crippen LogP contribution in [0.2, 0.25) is 0 Å². The third-order valence-electron chi connectivity index (χ3n) is 2.97. The van der Waals surface area contributed by atoms with Crippen molar-refractivity contribution < 1.29 is 0 Å². The molecule has 1 atom stereocenters. The minimum atomic E-state index is 0.656. The van der Waals surface area contributed by atoms with Crippen molar-refractivity contribution in [1.82, 2.24) is 10.2 Å². The maximum Gasteiger partial charge on any atom is 0.00818 e. The molecule has 16 heavy (non-hydrogen) atoms. The van der Waals surface area contributed by atoms with Gasteiger partial charge in [-0.1, -0.05) is 20.8 Å². The second-order valence-corrected chi connectivity index (χ2v) is 5.57. The summed E-state index contributed by atoms with van der Waals surface area (Å²) >= 11 is 0. The van der Waals surface area contributed by atoms with E-state index in [0.29, 0.717) is 12.1 Å². The monoisotopic (exact) mass is 228 g/mol. The molecule has 0 aromatic heterocycles. The largest absolute Gasteiger partial charge is 0.317 e. The molecule has 0 aliphatic carbocycles. The Labute approximate surface area is 103 Å². The Kier molecular flexibility index (Phi) is 8.96. The van der Waals surface area contributed by atoms with Gasteiger partial charge in [0.15, 0.2) is 0 Å². The van der Waals surface area contributed by atoms with Crippen LogP contribution in [0.1, 0.15) is 54.4 Å². The maximum atomic E-state index is 3.49. The highest BCUT2D eigenvalue weighted by Gasteiger charge is 2.17. The van der Waals surface area contributed by atoms with Gasteiger partial charge in [-0.15, -0.1) is 0 Å². The fourth-order valence-electron chi connectivity index (χ4n) is 2.10. The van der Waals surface area contributed by atoms with Gasteiger partial charge in [0.25, 0.3) is 0 Å². The third kappa shape index (κ3) is 7.24. The lowest BCUT2D eigenvalue weighted by atomic mass is 10.1. The zero-order valence-electron chi connectivity index (χ0n) is 12.2. The van der Waals surface area contributed by atoms with E-state index in [1.54, 1.807) is 0 Å². The van der Waals surface area contributed by atoms with Crippen LogP contribution in [0.5, 0.6) is 0 Å². The molecule has 0 amide bonds. The van der Waals surface area contributed by atoms with Crippen LogP contribution >= 0.6 is 0 Å². The van der Waals surface area contributed by atoms with E-state index in [2.05, 4.69) is 51.8 Å². The molecular weight excluding hydrogens is 196 g/mol. The Morgan fingerprint density at radius 2 is 1.62 bits per heavy atom. The van der Waals surface area contributed by atoms with E-state index in [9.17, 15) is 0 Å². The minimum absolute atomic E-state index is 0.656. The van der Waals surface area contributed by atoms with E-state index in [0.717, 1.165) is 19.0 Å². The molecule has 0 aliphatic heterocycles. The summed E-state index contributed by atoms with van der Waals surface area (Å²) in [6.45, 7) is 17.3.